The molecule has 1 aliphatic heterocycles. The molecule has 0 aromatic heterocycles. The number of amidine groups is 1. The Labute approximate surface area is 78.4 Å². The Morgan fingerprint density at radius 2 is 2.23 bits per heavy atom. The van der Waals surface area contributed by atoms with E-state index in [1.165, 1.54) is 0 Å². The lowest BCUT2D eigenvalue weighted by Crippen LogP contribution is -2.34. The van der Waals surface area contributed by atoms with E-state index in [-0.39, 0.29) is 5.91 Å². The molecule has 1 aliphatic rings. The zero-order valence-corrected chi connectivity index (χ0v) is 8.39. The number of aliphatic imine (C=N–C) groups is 1. The largest absolute Gasteiger partial charge is 0.381 e. The fourth-order valence-electron chi connectivity index (χ4n) is 1.13. The third-order valence-corrected chi connectivity index (χ3v) is 1.92. The van der Waals surface area contributed by atoms with Gasteiger partial charge in [0.25, 0.3) is 5.91 Å². The molecule has 1 amide bonds. The van der Waals surface area contributed by atoms with E-state index in [9.17, 15) is 4.79 Å². The highest BCUT2D eigenvalue weighted by molar-refractivity contribution is 6.07. The summed E-state index contributed by atoms with van der Waals surface area (Å²) in [5.41, 5.74) is -0.596. The van der Waals surface area contributed by atoms with Crippen LogP contribution in [0.4, 0.5) is 0 Å². The first-order valence-corrected chi connectivity index (χ1v) is 4.54. The Balaban J connectivity index is 2.41. The Kier molecular flexibility index (Phi) is 3.03. The molecular formula is C9H16N2O2. The summed E-state index contributed by atoms with van der Waals surface area (Å²) in [4.78, 5) is 15.5. The van der Waals surface area contributed by atoms with Crippen molar-refractivity contribution < 1.29 is 9.53 Å². The first-order valence-electron chi connectivity index (χ1n) is 4.54. The van der Waals surface area contributed by atoms with E-state index >= 15 is 0 Å². The van der Waals surface area contributed by atoms with Gasteiger partial charge in [-0.2, -0.15) is 0 Å². The quantitative estimate of drug-likeness (QED) is 0.654. The molecule has 0 aliphatic carbocycles. The highest BCUT2D eigenvalue weighted by Gasteiger charge is 2.33. The van der Waals surface area contributed by atoms with Crippen LogP contribution >= 0.6 is 0 Å². The lowest BCUT2D eigenvalue weighted by Gasteiger charge is -2.07. The average molecular weight is 184 g/mol. The minimum Gasteiger partial charge on any atom is -0.381 e. The Hall–Kier alpha value is -0.900. The first kappa shape index (κ1) is 10.2. The molecule has 0 aromatic rings. The fraction of sp³-hybridized carbons (Fsp3) is 0.778. The maximum absolute atomic E-state index is 11.3. The number of ether oxygens (including phenoxy) is 1. The van der Waals surface area contributed by atoms with E-state index in [0.29, 0.717) is 19.6 Å². The minimum atomic E-state index is -0.596. The molecule has 1 rings (SSSR count). The van der Waals surface area contributed by atoms with Crippen LogP contribution < -0.4 is 5.32 Å². The van der Waals surface area contributed by atoms with E-state index in [0.717, 1.165) is 5.84 Å². The van der Waals surface area contributed by atoms with Gasteiger partial charge < -0.3 is 10.1 Å². The smallest absolute Gasteiger partial charge is 0.252 e. The predicted molar refractivity (Wildman–Crippen MR) is 50.8 cm³/mol. The van der Waals surface area contributed by atoms with Crippen LogP contribution in [-0.2, 0) is 9.53 Å². The van der Waals surface area contributed by atoms with Crippen molar-refractivity contribution in [3.05, 3.63) is 0 Å². The molecule has 0 fully saturated rings. The van der Waals surface area contributed by atoms with Crippen molar-refractivity contribution in [3.8, 4) is 0 Å². The molecule has 13 heavy (non-hydrogen) atoms. The summed E-state index contributed by atoms with van der Waals surface area (Å²) in [5.74, 6) is 0.711. The molecule has 1 N–H and O–H groups in total. The fourth-order valence-corrected chi connectivity index (χ4v) is 1.13. The average Bonchev–Trinajstić information content (AvgIpc) is 2.27. The lowest BCUT2D eigenvalue weighted by atomic mass is 10.1. The SMILES string of the molecule is CCOCCC1=NC(C)(C)C(=O)N1. The lowest BCUT2D eigenvalue weighted by molar-refractivity contribution is -0.122. The third-order valence-electron chi connectivity index (χ3n) is 1.92. The summed E-state index contributed by atoms with van der Waals surface area (Å²) in [5, 5.41) is 2.73. The Bertz CT molecular complexity index is 234. The second kappa shape index (κ2) is 3.87. The summed E-state index contributed by atoms with van der Waals surface area (Å²) >= 11 is 0. The molecule has 0 aromatic carbocycles. The van der Waals surface area contributed by atoms with Crippen molar-refractivity contribution >= 4 is 11.7 Å². The van der Waals surface area contributed by atoms with Crippen molar-refractivity contribution in [2.24, 2.45) is 4.99 Å². The number of carbonyl (C=O) groups is 1. The predicted octanol–water partition coefficient (Wildman–Crippen LogP) is 0.720. The molecule has 4 nitrogen and oxygen atoms in total. The van der Waals surface area contributed by atoms with Crippen LogP contribution in [-0.4, -0.2) is 30.5 Å². The van der Waals surface area contributed by atoms with Crippen LogP contribution in [0, 0.1) is 0 Å². The summed E-state index contributed by atoms with van der Waals surface area (Å²) in [6, 6.07) is 0. The van der Waals surface area contributed by atoms with Gasteiger partial charge in [-0.25, -0.2) is 0 Å². The van der Waals surface area contributed by atoms with Gasteiger partial charge in [-0.3, -0.25) is 9.79 Å². The van der Waals surface area contributed by atoms with Gasteiger partial charge in [-0.05, 0) is 20.8 Å². The second-order valence-corrected chi connectivity index (χ2v) is 3.52. The molecule has 0 spiro atoms. The van der Waals surface area contributed by atoms with Gasteiger partial charge in [0.05, 0.1) is 6.61 Å². The van der Waals surface area contributed by atoms with E-state index in [1.54, 1.807) is 13.8 Å². The molecule has 4 heteroatoms. The van der Waals surface area contributed by atoms with Gasteiger partial charge in [0.1, 0.15) is 11.4 Å². The van der Waals surface area contributed by atoms with Crippen molar-refractivity contribution in [2.45, 2.75) is 32.7 Å². The molecular weight excluding hydrogens is 168 g/mol. The number of amides is 1. The topological polar surface area (TPSA) is 50.7 Å². The minimum absolute atomic E-state index is 0.0287. The number of hydrogen-bond acceptors (Lipinski definition) is 3. The zero-order valence-electron chi connectivity index (χ0n) is 8.39. The molecule has 0 saturated heterocycles. The van der Waals surface area contributed by atoms with Crippen LogP contribution in [0.25, 0.3) is 0 Å². The Morgan fingerprint density at radius 1 is 1.54 bits per heavy atom. The zero-order chi connectivity index (χ0) is 9.90. The van der Waals surface area contributed by atoms with Gasteiger partial charge in [-0.15, -0.1) is 0 Å². The van der Waals surface area contributed by atoms with Gasteiger partial charge in [0.15, 0.2) is 0 Å². The molecule has 0 unspecified atom stereocenters. The van der Waals surface area contributed by atoms with Gasteiger partial charge in [0, 0.05) is 13.0 Å². The van der Waals surface area contributed by atoms with Gasteiger partial charge >= 0.3 is 0 Å². The number of nitrogens with zero attached hydrogens (tertiary/aromatic N) is 1. The number of rotatable bonds is 4. The van der Waals surface area contributed by atoms with E-state index in [4.69, 9.17) is 4.74 Å². The van der Waals surface area contributed by atoms with E-state index in [1.807, 2.05) is 6.92 Å². The molecule has 0 atom stereocenters. The standard InChI is InChI=1S/C9H16N2O2/c1-4-13-6-5-7-10-8(12)9(2,3)11-7/h4-6H2,1-3H3,(H,10,11,12). The second-order valence-electron chi connectivity index (χ2n) is 3.52. The monoisotopic (exact) mass is 184 g/mol. The molecule has 0 saturated carbocycles. The normalized spacial score (nSPS) is 19.9. The van der Waals surface area contributed by atoms with Crippen molar-refractivity contribution in [1.29, 1.82) is 0 Å². The maximum atomic E-state index is 11.3. The highest BCUT2D eigenvalue weighted by Crippen LogP contribution is 2.15. The summed E-state index contributed by atoms with van der Waals surface area (Å²) in [6.45, 7) is 6.86. The summed E-state index contributed by atoms with van der Waals surface area (Å²) in [6.07, 6.45) is 0.684. The third kappa shape index (κ3) is 2.52. The number of carbonyl (C=O) groups excluding carboxylic acids is 1. The Morgan fingerprint density at radius 3 is 2.69 bits per heavy atom. The van der Waals surface area contributed by atoms with Crippen LogP contribution in [0.5, 0.6) is 0 Å². The molecule has 0 bridgehead atoms. The molecule has 74 valence electrons. The van der Waals surface area contributed by atoms with Crippen LogP contribution in [0.1, 0.15) is 27.2 Å². The first-order chi connectivity index (χ1) is 6.06. The van der Waals surface area contributed by atoms with Crippen molar-refractivity contribution in [3.63, 3.8) is 0 Å². The number of nitrogens with one attached hydrogen (secondary N) is 1. The van der Waals surface area contributed by atoms with Crippen LogP contribution in [0.15, 0.2) is 4.99 Å². The van der Waals surface area contributed by atoms with Crippen LogP contribution in [0.3, 0.4) is 0 Å². The van der Waals surface area contributed by atoms with Gasteiger partial charge in [0.2, 0.25) is 0 Å². The van der Waals surface area contributed by atoms with Crippen LogP contribution in [0.2, 0.25) is 0 Å². The van der Waals surface area contributed by atoms with Crippen molar-refractivity contribution in [1.82, 2.24) is 5.32 Å². The van der Waals surface area contributed by atoms with E-state index < -0.39 is 5.54 Å². The van der Waals surface area contributed by atoms with Gasteiger partial charge in [-0.1, -0.05) is 0 Å². The summed E-state index contributed by atoms with van der Waals surface area (Å²) in [7, 11) is 0. The van der Waals surface area contributed by atoms with E-state index in [2.05, 4.69) is 10.3 Å². The molecule has 1 heterocycles. The number of hydrogen-bond donors (Lipinski definition) is 1. The maximum Gasteiger partial charge on any atom is 0.252 e. The highest BCUT2D eigenvalue weighted by atomic mass is 16.5. The molecule has 0 radical (unpaired) electrons. The summed E-state index contributed by atoms with van der Waals surface area (Å²) < 4.78 is 5.17. The van der Waals surface area contributed by atoms with Crippen molar-refractivity contribution in [2.75, 3.05) is 13.2 Å².